The SMILES string of the molecule is NC1OCO1. The average Bonchev–Trinajstić information content (AvgIpc) is 1.30. The monoisotopic (exact) mass is 75.0 g/mol. The first-order valence-corrected chi connectivity index (χ1v) is 1.38. The summed E-state index contributed by atoms with van der Waals surface area (Å²) in [5.74, 6) is 0. The predicted molar refractivity (Wildman–Crippen MR) is 15.0 cm³/mol. The number of ether oxygens (including phenoxy) is 2. The minimum atomic E-state index is -0.435. The Bertz CT molecular complexity index is 34.6. The first-order valence-electron chi connectivity index (χ1n) is 1.38. The van der Waals surface area contributed by atoms with Gasteiger partial charge in [-0.25, -0.2) is 0 Å². The Morgan fingerprint density at radius 2 is 2.00 bits per heavy atom. The molecular weight excluding hydrogens is 70.0 g/mol. The predicted octanol–water partition coefficient (Wildman–Crippen LogP) is -0.767. The molecule has 0 aromatic heterocycles. The lowest BCUT2D eigenvalue weighted by Gasteiger charge is -2.21. The van der Waals surface area contributed by atoms with Crippen molar-refractivity contribution in [2.45, 2.75) is 6.41 Å². The summed E-state index contributed by atoms with van der Waals surface area (Å²) < 4.78 is 8.97. The summed E-state index contributed by atoms with van der Waals surface area (Å²) in [7, 11) is 0. The third-order valence-electron chi connectivity index (χ3n) is 0.465. The second-order valence-corrected chi connectivity index (χ2v) is 0.820. The molecule has 0 atom stereocenters. The fourth-order valence-electron chi connectivity index (χ4n) is 0.147. The highest BCUT2D eigenvalue weighted by molar-refractivity contribution is 4.28. The van der Waals surface area contributed by atoms with Crippen LogP contribution in [0.25, 0.3) is 0 Å². The number of hydrogen-bond acceptors (Lipinski definition) is 3. The Morgan fingerprint density at radius 3 is 2.00 bits per heavy atom. The summed E-state index contributed by atoms with van der Waals surface area (Å²) in [6.45, 7) is 0.362. The van der Waals surface area contributed by atoms with Gasteiger partial charge in [-0.05, 0) is 0 Å². The maximum atomic E-state index is 4.93. The molecule has 0 aromatic rings. The molecule has 1 fully saturated rings. The van der Waals surface area contributed by atoms with Gasteiger partial charge >= 0.3 is 0 Å². The van der Waals surface area contributed by atoms with Gasteiger partial charge in [0, 0.05) is 0 Å². The highest BCUT2D eigenvalue weighted by Gasteiger charge is 2.09. The molecule has 0 radical (unpaired) electrons. The number of hydrogen-bond donors (Lipinski definition) is 1. The molecule has 30 valence electrons. The van der Waals surface area contributed by atoms with Crippen LogP contribution in [0.15, 0.2) is 0 Å². The first-order chi connectivity index (χ1) is 2.39. The van der Waals surface area contributed by atoms with Gasteiger partial charge < -0.3 is 9.47 Å². The fraction of sp³-hybridized carbons (Fsp3) is 1.00. The van der Waals surface area contributed by atoms with Crippen molar-refractivity contribution in [1.29, 1.82) is 0 Å². The van der Waals surface area contributed by atoms with Crippen LogP contribution in [0.2, 0.25) is 0 Å². The van der Waals surface area contributed by atoms with Gasteiger partial charge in [0.1, 0.15) is 0 Å². The Morgan fingerprint density at radius 1 is 1.60 bits per heavy atom. The molecule has 0 aromatic carbocycles. The van der Waals surface area contributed by atoms with E-state index in [0.29, 0.717) is 6.79 Å². The summed E-state index contributed by atoms with van der Waals surface area (Å²) in [5.41, 5.74) is 4.93. The first kappa shape index (κ1) is 3.08. The molecule has 1 aliphatic heterocycles. The molecule has 0 spiro atoms. The van der Waals surface area contributed by atoms with Crippen LogP contribution < -0.4 is 5.73 Å². The zero-order valence-electron chi connectivity index (χ0n) is 2.68. The smallest absolute Gasteiger partial charge is 0.217 e. The maximum absolute atomic E-state index is 4.93. The third-order valence-corrected chi connectivity index (χ3v) is 0.465. The standard InChI is InChI=1S/C2H5NO2/c3-2-4-1-5-2/h2H,1,3H2. The van der Waals surface area contributed by atoms with E-state index in [-0.39, 0.29) is 0 Å². The van der Waals surface area contributed by atoms with E-state index in [0.717, 1.165) is 0 Å². The highest BCUT2D eigenvalue weighted by atomic mass is 16.9. The highest BCUT2D eigenvalue weighted by Crippen LogP contribution is 1.96. The van der Waals surface area contributed by atoms with E-state index >= 15 is 0 Å². The van der Waals surface area contributed by atoms with Gasteiger partial charge in [0.05, 0.1) is 0 Å². The van der Waals surface area contributed by atoms with Gasteiger partial charge in [0.25, 0.3) is 0 Å². The van der Waals surface area contributed by atoms with Crippen LogP contribution in [0.5, 0.6) is 0 Å². The van der Waals surface area contributed by atoms with Gasteiger partial charge in [-0.1, -0.05) is 0 Å². The summed E-state index contributed by atoms with van der Waals surface area (Å²) in [6, 6.07) is 0. The van der Waals surface area contributed by atoms with E-state index in [1.807, 2.05) is 0 Å². The van der Waals surface area contributed by atoms with Crippen molar-refractivity contribution < 1.29 is 9.47 Å². The lowest BCUT2D eigenvalue weighted by molar-refractivity contribution is -0.317. The van der Waals surface area contributed by atoms with Crippen LogP contribution in [-0.2, 0) is 9.47 Å². The number of nitrogens with two attached hydrogens (primary N) is 1. The molecule has 2 N–H and O–H groups in total. The van der Waals surface area contributed by atoms with Crippen molar-refractivity contribution in [3.63, 3.8) is 0 Å². The lowest BCUT2D eigenvalue weighted by atomic mass is 11.0. The van der Waals surface area contributed by atoms with E-state index in [9.17, 15) is 0 Å². The summed E-state index contributed by atoms with van der Waals surface area (Å²) >= 11 is 0. The van der Waals surface area contributed by atoms with Gasteiger partial charge in [-0.3, -0.25) is 5.73 Å². The lowest BCUT2D eigenvalue weighted by Crippen LogP contribution is -2.38. The van der Waals surface area contributed by atoms with Crippen molar-refractivity contribution >= 4 is 0 Å². The molecule has 5 heavy (non-hydrogen) atoms. The van der Waals surface area contributed by atoms with Crippen LogP contribution in [0.3, 0.4) is 0 Å². The Balaban J connectivity index is 2.08. The van der Waals surface area contributed by atoms with E-state index in [2.05, 4.69) is 9.47 Å². The molecular formula is C2H5NO2. The number of rotatable bonds is 0. The Hall–Kier alpha value is -0.120. The molecule has 0 aliphatic carbocycles. The largest absolute Gasteiger partial charge is 0.313 e. The van der Waals surface area contributed by atoms with Crippen LogP contribution in [0.1, 0.15) is 0 Å². The van der Waals surface area contributed by atoms with Crippen molar-refractivity contribution in [3.8, 4) is 0 Å². The fourth-order valence-corrected chi connectivity index (χ4v) is 0.147. The van der Waals surface area contributed by atoms with Gasteiger partial charge in [-0.15, -0.1) is 0 Å². The second kappa shape index (κ2) is 0.931. The van der Waals surface area contributed by atoms with Crippen LogP contribution in [0, 0.1) is 0 Å². The average molecular weight is 75.1 g/mol. The molecule has 0 amide bonds. The van der Waals surface area contributed by atoms with E-state index in [1.54, 1.807) is 0 Å². The van der Waals surface area contributed by atoms with E-state index < -0.39 is 6.41 Å². The van der Waals surface area contributed by atoms with Crippen LogP contribution in [-0.4, -0.2) is 13.2 Å². The summed E-state index contributed by atoms with van der Waals surface area (Å²) in [5, 5.41) is 0. The summed E-state index contributed by atoms with van der Waals surface area (Å²) in [4.78, 5) is 0. The minimum absolute atomic E-state index is 0.362. The van der Waals surface area contributed by atoms with Crippen molar-refractivity contribution in [2.75, 3.05) is 6.79 Å². The Kier molecular flexibility index (Phi) is 0.574. The molecule has 0 unspecified atom stereocenters. The van der Waals surface area contributed by atoms with Gasteiger partial charge in [-0.2, -0.15) is 0 Å². The quantitative estimate of drug-likeness (QED) is 0.411. The van der Waals surface area contributed by atoms with E-state index in [1.165, 1.54) is 0 Å². The molecule has 0 bridgehead atoms. The van der Waals surface area contributed by atoms with Gasteiger partial charge in [0.2, 0.25) is 6.41 Å². The van der Waals surface area contributed by atoms with Crippen molar-refractivity contribution in [3.05, 3.63) is 0 Å². The van der Waals surface area contributed by atoms with E-state index in [4.69, 9.17) is 5.73 Å². The molecule has 1 saturated heterocycles. The van der Waals surface area contributed by atoms with Crippen molar-refractivity contribution in [1.82, 2.24) is 0 Å². The van der Waals surface area contributed by atoms with Gasteiger partial charge in [0.15, 0.2) is 6.79 Å². The summed E-state index contributed by atoms with van der Waals surface area (Å²) in [6.07, 6.45) is -0.435. The molecule has 0 saturated carbocycles. The maximum Gasteiger partial charge on any atom is 0.217 e. The normalized spacial score (nSPS) is 25.8. The molecule has 1 aliphatic rings. The minimum Gasteiger partial charge on any atom is -0.313 e. The van der Waals surface area contributed by atoms with Crippen molar-refractivity contribution in [2.24, 2.45) is 5.73 Å². The van der Waals surface area contributed by atoms with Crippen LogP contribution in [0.4, 0.5) is 0 Å². The topological polar surface area (TPSA) is 44.5 Å². The molecule has 1 heterocycles. The third kappa shape index (κ3) is 0.397. The van der Waals surface area contributed by atoms with Crippen LogP contribution >= 0.6 is 0 Å². The molecule has 1 rings (SSSR count). The Labute approximate surface area is 29.7 Å². The second-order valence-electron chi connectivity index (χ2n) is 0.820. The zero-order chi connectivity index (χ0) is 3.70. The molecule has 3 nitrogen and oxygen atoms in total. The molecule has 3 heteroatoms. The zero-order valence-corrected chi connectivity index (χ0v) is 2.68.